The normalized spacial score (nSPS) is 9.55. The Bertz CT molecular complexity index is 177. The Morgan fingerprint density at radius 3 is 2.55 bits per heavy atom. The van der Waals surface area contributed by atoms with Gasteiger partial charge in [0.15, 0.2) is 0 Å². The molecule has 0 spiro atoms. The van der Waals surface area contributed by atoms with E-state index in [1.165, 1.54) is 0 Å². The van der Waals surface area contributed by atoms with E-state index in [-0.39, 0.29) is 12.3 Å². The summed E-state index contributed by atoms with van der Waals surface area (Å²) in [6, 6.07) is 0. The summed E-state index contributed by atoms with van der Waals surface area (Å²) in [6.45, 7) is 1.78. The average Bonchev–Trinajstić information content (AvgIpc) is 1.97. The Balaban J connectivity index is 3.45. The summed E-state index contributed by atoms with van der Waals surface area (Å²) in [6.07, 6.45) is 2.23. The standard InChI is InChI=1S/C6H10N2O3/c1-2-3-4-5(9)7-8-6(10)11/h2-3,8H,4H2,1H3,(H,7,9)(H,10,11)/b3-2-. The molecule has 0 aliphatic heterocycles. The number of carbonyl (C=O) groups excluding carboxylic acids is 1. The first-order valence-electron chi connectivity index (χ1n) is 3.05. The van der Waals surface area contributed by atoms with Gasteiger partial charge < -0.3 is 5.11 Å². The summed E-state index contributed by atoms with van der Waals surface area (Å²) in [7, 11) is 0. The van der Waals surface area contributed by atoms with Crippen LogP contribution in [0, 0.1) is 0 Å². The largest absolute Gasteiger partial charge is 0.464 e. The maximum atomic E-state index is 10.6. The van der Waals surface area contributed by atoms with Crippen molar-refractivity contribution < 1.29 is 14.7 Å². The Kier molecular flexibility index (Phi) is 4.55. The van der Waals surface area contributed by atoms with Gasteiger partial charge in [-0.3, -0.25) is 10.2 Å². The highest BCUT2D eigenvalue weighted by Crippen LogP contribution is 1.80. The van der Waals surface area contributed by atoms with Gasteiger partial charge in [0, 0.05) is 6.42 Å². The number of carboxylic acid groups (broad SMARTS) is 1. The van der Waals surface area contributed by atoms with E-state index in [0.717, 1.165) is 0 Å². The Labute approximate surface area is 64.1 Å². The number of hydrogen-bond acceptors (Lipinski definition) is 2. The first-order chi connectivity index (χ1) is 5.16. The van der Waals surface area contributed by atoms with Gasteiger partial charge in [0.1, 0.15) is 0 Å². The highest BCUT2D eigenvalue weighted by atomic mass is 16.4. The molecule has 0 unspecified atom stereocenters. The van der Waals surface area contributed by atoms with Gasteiger partial charge in [-0.1, -0.05) is 12.2 Å². The summed E-state index contributed by atoms with van der Waals surface area (Å²) < 4.78 is 0. The van der Waals surface area contributed by atoms with E-state index < -0.39 is 6.09 Å². The minimum Gasteiger partial charge on any atom is -0.464 e. The van der Waals surface area contributed by atoms with E-state index in [1.54, 1.807) is 24.5 Å². The highest BCUT2D eigenvalue weighted by molar-refractivity contribution is 5.79. The summed E-state index contributed by atoms with van der Waals surface area (Å²) >= 11 is 0. The number of rotatable bonds is 2. The molecule has 11 heavy (non-hydrogen) atoms. The lowest BCUT2D eigenvalue weighted by atomic mass is 10.4. The van der Waals surface area contributed by atoms with E-state index in [0.29, 0.717) is 0 Å². The number of allylic oxidation sites excluding steroid dienone is 1. The molecule has 0 rings (SSSR count). The van der Waals surface area contributed by atoms with Crippen molar-refractivity contribution in [3.8, 4) is 0 Å². The fourth-order valence-corrected chi connectivity index (χ4v) is 0.399. The second kappa shape index (κ2) is 5.28. The van der Waals surface area contributed by atoms with Crippen molar-refractivity contribution in [3.63, 3.8) is 0 Å². The van der Waals surface area contributed by atoms with Crippen molar-refractivity contribution in [1.82, 2.24) is 10.9 Å². The molecule has 0 saturated carbocycles. The van der Waals surface area contributed by atoms with Gasteiger partial charge >= 0.3 is 6.09 Å². The lowest BCUT2D eigenvalue weighted by Gasteiger charge is -1.99. The SMILES string of the molecule is C/C=C\CC(=O)NNC(=O)O. The molecular weight excluding hydrogens is 148 g/mol. The molecule has 0 aromatic carbocycles. The van der Waals surface area contributed by atoms with Gasteiger partial charge in [-0.25, -0.2) is 10.2 Å². The van der Waals surface area contributed by atoms with Crippen molar-refractivity contribution >= 4 is 12.0 Å². The van der Waals surface area contributed by atoms with Crippen LogP contribution in [0.3, 0.4) is 0 Å². The van der Waals surface area contributed by atoms with E-state index in [4.69, 9.17) is 5.11 Å². The minimum absolute atomic E-state index is 0.177. The van der Waals surface area contributed by atoms with Crippen LogP contribution in [0.1, 0.15) is 13.3 Å². The van der Waals surface area contributed by atoms with Crippen molar-refractivity contribution in [2.45, 2.75) is 13.3 Å². The van der Waals surface area contributed by atoms with E-state index in [1.807, 2.05) is 5.43 Å². The number of hydrazine groups is 1. The smallest absolute Gasteiger partial charge is 0.423 e. The predicted octanol–water partition coefficient (Wildman–Crippen LogP) is 0.251. The predicted molar refractivity (Wildman–Crippen MR) is 38.7 cm³/mol. The molecule has 0 aromatic rings. The first kappa shape index (κ1) is 9.48. The zero-order valence-corrected chi connectivity index (χ0v) is 6.13. The first-order valence-corrected chi connectivity index (χ1v) is 3.05. The summed E-state index contributed by atoms with van der Waals surface area (Å²) in [5, 5.41) is 8.04. The van der Waals surface area contributed by atoms with Crippen molar-refractivity contribution in [1.29, 1.82) is 0 Å². The second-order valence-corrected chi connectivity index (χ2v) is 1.75. The fourth-order valence-electron chi connectivity index (χ4n) is 0.399. The molecule has 3 N–H and O–H groups in total. The molecule has 2 amide bonds. The van der Waals surface area contributed by atoms with Crippen molar-refractivity contribution in [2.75, 3.05) is 0 Å². The molecule has 0 radical (unpaired) electrons. The Hall–Kier alpha value is -1.52. The van der Waals surface area contributed by atoms with E-state index in [2.05, 4.69) is 0 Å². The summed E-state index contributed by atoms with van der Waals surface area (Å²) in [5.41, 5.74) is 3.71. The molecule has 0 aliphatic carbocycles. The molecule has 0 fully saturated rings. The van der Waals surface area contributed by atoms with E-state index in [9.17, 15) is 9.59 Å². The maximum absolute atomic E-state index is 10.6. The van der Waals surface area contributed by atoms with Crippen molar-refractivity contribution in [3.05, 3.63) is 12.2 Å². The summed E-state index contributed by atoms with van der Waals surface area (Å²) in [4.78, 5) is 20.5. The van der Waals surface area contributed by atoms with Gasteiger partial charge in [0.25, 0.3) is 0 Å². The van der Waals surface area contributed by atoms with Crippen LogP contribution in [0.4, 0.5) is 4.79 Å². The third-order valence-corrected chi connectivity index (χ3v) is 0.848. The van der Waals surface area contributed by atoms with Gasteiger partial charge in [-0.15, -0.1) is 0 Å². The van der Waals surface area contributed by atoms with Crippen LogP contribution in [0.2, 0.25) is 0 Å². The molecule has 62 valence electrons. The maximum Gasteiger partial charge on any atom is 0.423 e. The van der Waals surface area contributed by atoms with Crippen LogP contribution in [0.15, 0.2) is 12.2 Å². The van der Waals surface area contributed by atoms with Crippen LogP contribution in [0.25, 0.3) is 0 Å². The van der Waals surface area contributed by atoms with Crippen LogP contribution in [-0.4, -0.2) is 17.1 Å². The van der Waals surface area contributed by atoms with Crippen LogP contribution < -0.4 is 10.9 Å². The second-order valence-electron chi connectivity index (χ2n) is 1.75. The zero-order valence-electron chi connectivity index (χ0n) is 6.13. The Morgan fingerprint density at radius 1 is 1.45 bits per heavy atom. The van der Waals surface area contributed by atoms with Crippen LogP contribution in [0.5, 0.6) is 0 Å². The van der Waals surface area contributed by atoms with Gasteiger partial charge in [-0.2, -0.15) is 0 Å². The zero-order chi connectivity index (χ0) is 8.69. The lowest BCUT2D eigenvalue weighted by Crippen LogP contribution is -2.40. The quantitative estimate of drug-likeness (QED) is 0.398. The molecule has 0 saturated heterocycles. The molecule has 5 nitrogen and oxygen atoms in total. The topological polar surface area (TPSA) is 78.4 Å². The van der Waals surface area contributed by atoms with Crippen LogP contribution >= 0.6 is 0 Å². The monoisotopic (exact) mass is 158 g/mol. The number of hydrogen-bond donors (Lipinski definition) is 3. The Morgan fingerprint density at radius 2 is 2.09 bits per heavy atom. The van der Waals surface area contributed by atoms with Gasteiger partial charge in [0.2, 0.25) is 5.91 Å². The van der Waals surface area contributed by atoms with Gasteiger partial charge in [0.05, 0.1) is 0 Å². The minimum atomic E-state index is -1.28. The number of amides is 2. The number of carbonyl (C=O) groups is 2. The third kappa shape index (κ3) is 6.36. The molecular formula is C6H10N2O3. The third-order valence-electron chi connectivity index (χ3n) is 0.848. The molecule has 0 aliphatic rings. The molecule has 0 heterocycles. The molecule has 0 atom stereocenters. The average molecular weight is 158 g/mol. The molecule has 0 aromatic heterocycles. The van der Waals surface area contributed by atoms with Gasteiger partial charge in [-0.05, 0) is 6.92 Å². The van der Waals surface area contributed by atoms with Crippen LogP contribution in [-0.2, 0) is 4.79 Å². The molecule has 5 heteroatoms. The molecule has 0 bridgehead atoms. The number of nitrogens with one attached hydrogen (secondary N) is 2. The lowest BCUT2D eigenvalue weighted by molar-refractivity contribution is -0.121. The highest BCUT2D eigenvalue weighted by Gasteiger charge is 1.97. The van der Waals surface area contributed by atoms with E-state index >= 15 is 0 Å². The van der Waals surface area contributed by atoms with Crippen molar-refractivity contribution in [2.24, 2.45) is 0 Å². The summed E-state index contributed by atoms with van der Waals surface area (Å²) in [5.74, 6) is -0.384. The fraction of sp³-hybridized carbons (Fsp3) is 0.333.